The van der Waals surface area contributed by atoms with Crippen molar-refractivity contribution in [3.8, 4) is 5.69 Å². The van der Waals surface area contributed by atoms with Crippen molar-refractivity contribution in [3.63, 3.8) is 0 Å². The van der Waals surface area contributed by atoms with E-state index in [1.54, 1.807) is 19.4 Å². The minimum absolute atomic E-state index is 0.130. The number of ketones is 1. The zero-order valence-corrected chi connectivity index (χ0v) is 21.1. The lowest BCUT2D eigenvalue weighted by atomic mass is 9.93. The van der Waals surface area contributed by atoms with Gasteiger partial charge in [-0.3, -0.25) is 9.69 Å². The van der Waals surface area contributed by atoms with Gasteiger partial charge in [-0.2, -0.15) is 5.10 Å². The number of benzene rings is 1. The zero-order chi connectivity index (χ0) is 25.4. The summed E-state index contributed by atoms with van der Waals surface area (Å²) in [6.45, 7) is 4.87. The Labute approximate surface area is 216 Å². The highest BCUT2D eigenvalue weighted by atomic mass is 16.3. The molecular formula is C28H33N7O2. The highest BCUT2D eigenvalue weighted by Crippen LogP contribution is 2.36. The number of fused-ring (bicyclic) bond motifs is 1. The predicted molar refractivity (Wildman–Crippen MR) is 142 cm³/mol. The molecule has 2 atom stereocenters. The molecule has 1 N–H and O–H groups in total. The highest BCUT2D eigenvalue weighted by molar-refractivity contribution is 5.88. The van der Waals surface area contributed by atoms with Gasteiger partial charge in [0.25, 0.3) is 0 Å². The van der Waals surface area contributed by atoms with Gasteiger partial charge in [-0.05, 0) is 62.6 Å². The fraction of sp³-hybridized carbons (Fsp3) is 0.429. The Hall–Kier alpha value is -3.56. The summed E-state index contributed by atoms with van der Waals surface area (Å²) in [7, 11) is 0. The Morgan fingerprint density at radius 1 is 1.11 bits per heavy atom. The lowest BCUT2D eigenvalue weighted by Crippen LogP contribution is -2.46. The van der Waals surface area contributed by atoms with E-state index in [0.717, 1.165) is 42.0 Å². The van der Waals surface area contributed by atoms with E-state index in [9.17, 15) is 9.90 Å². The van der Waals surface area contributed by atoms with E-state index in [-0.39, 0.29) is 11.7 Å². The van der Waals surface area contributed by atoms with Crippen LogP contribution in [0.4, 0.5) is 5.82 Å². The number of anilines is 1. The molecule has 37 heavy (non-hydrogen) atoms. The maximum Gasteiger partial charge on any atom is 0.145 e. The van der Waals surface area contributed by atoms with Crippen molar-refractivity contribution < 1.29 is 9.90 Å². The summed E-state index contributed by atoms with van der Waals surface area (Å²) < 4.78 is 4.02. The Bertz CT molecular complexity index is 1360. The molecule has 6 rings (SSSR count). The van der Waals surface area contributed by atoms with Gasteiger partial charge in [0.2, 0.25) is 0 Å². The van der Waals surface area contributed by atoms with Gasteiger partial charge < -0.3 is 14.6 Å². The number of aliphatic hydroxyl groups is 1. The van der Waals surface area contributed by atoms with Gasteiger partial charge in [0, 0.05) is 50.2 Å². The van der Waals surface area contributed by atoms with Gasteiger partial charge in [0.05, 0.1) is 23.7 Å². The average Bonchev–Trinajstić information content (AvgIpc) is 3.41. The van der Waals surface area contributed by atoms with E-state index in [2.05, 4.69) is 56.1 Å². The molecule has 1 aliphatic heterocycles. The average molecular weight is 500 g/mol. The molecule has 192 valence electrons. The molecule has 4 heterocycles. The van der Waals surface area contributed by atoms with E-state index in [1.165, 1.54) is 18.4 Å². The number of nitrogens with zero attached hydrogens (tertiary/aromatic N) is 7. The topological polar surface area (TPSA) is 92.3 Å². The predicted octanol–water partition coefficient (Wildman–Crippen LogP) is 3.06. The summed E-state index contributed by atoms with van der Waals surface area (Å²) in [5.74, 6) is 1.24. The van der Waals surface area contributed by atoms with Gasteiger partial charge in [0.15, 0.2) is 0 Å². The lowest BCUT2D eigenvalue weighted by molar-refractivity contribution is -0.119. The van der Waals surface area contributed by atoms with E-state index >= 15 is 0 Å². The molecule has 1 aliphatic carbocycles. The fourth-order valence-electron chi connectivity index (χ4n) is 5.47. The highest BCUT2D eigenvalue weighted by Gasteiger charge is 2.32. The summed E-state index contributed by atoms with van der Waals surface area (Å²) in [5, 5.41) is 16.1. The molecule has 1 aromatic carbocycles. The third kappa shape index (κ3) is 5.14. The van der Waals surface area contributed by atoms with E-state index in [0.29, 0.717) is 25.7 Å². The SMILES string of the molecule is CC(=O)CN1CCC(Cn2ccc3c(N(Cc4ccc(-n5cccn5)cc4)C4CC4)ncnc32)[C@@H](O)C1. The number of hydrogen-bond donors (Lipinski definition) is 1. The summed E-state index contributed by atoms with van der Waals surface area (Å²) in [5.41, 5.74) is 3.18. The monoisotopic (exact) mass is 499 g/mol. The van der Waals surface area contributed by atoms with Crippen LogP contribution in [0.2, 0.25) is 0 Å². The molecule has 1 saturated carbocycles. The van der Waals surface area contributed by atoms with Crippen LogP contribution in [0.5, 0.6) is 0 Å². The first-order valence-electron chi connectivity index (χ1n) is 13.1. The number of carbonyl (C=O) groups is 1. The van der Waals surface area contributed by atoms with Crippen LogP contribution in [0, 0.1) is 5.92 Å². The molecule has 1 unspecified atom stereocenters. The van der Waals surface area contributed by atoms with Crippen LogP contribution in [0.15, 0.2) is 61.3 Å². The van der Waals surface area contributed by atoms with Gasteiger partial charge >= 0.3 is 0 Å². The van der Waals surface area contributed by atoms with Crippen molar-refractivity contribution >= 4 is 22.6 Å². The van der Waals surface area contributed by atoms with Crippen molar-refractivity contribution in [2.45, 2.75) is 51.4 Å². The number of piperidine rings is 1. The maximum atomic E-state index is 11.5. The summed E-state index contributed by atoms with van der Waals surface area (Å²) in [4.78, 5) is 25.3. The Balaban J connectivity index is 1.20. The van der Waals surface area contributed by atoms with Gasteiger partial charge in [-0.25, -0.2) is 14.6 Å². The molecule has 0 spiro atoms. The smallest absolute Gasteiger partial charge is 0.145 e. The second-order valence-corrected chi connectivity index (χ2v) is 10.4. The first-order valence-corrected chi connectivity index (χ1v) is 13.1. The quantitative estimate of drug-likeness (QED) is 0.378. The number of carbonyl (C=O) groups excluding carboxylic acids is 1. The van der Waals surface area contributed by atoms with E-state index in [1.807, 2.05) is 21.8 Å². The minimum Gasteiger partial charge on any atom is -0.391 e. The first-order chi connectivity index (χ1) is 18.0. The largest absolute Gasteiger partial charge is 0.391 e. The Morgan fingerprint density at radius 2 is 1.95 bits per heavy atom. The molecule has 2 fully saturated rings. The number of aliphatic hydroxyl groups excluding tert-OH is 1. The van der Waals surface area contributed by atoms with E-state index < -0.39 is 6.10 Å². The number of rotatable bonds is 9. The van der Waals surface area contributed by atoms with Crippen LogP contribution in [-0.2, 0) is 17.9 Å². The summed E-state index contributed by atoms with van der Waals surface area (Å²) in [6.07, 6.45) is 10.2. The van der Waals surface area contributed by atoms with Crippen LogP contribution in [0.3, 0.4) is 0 Å². The summed E-state index contributed by atoms with van der Waals surface area (Å²) in [6, 6.07) is 13.1. The second kappa shape index (κ2) is 10.1. The third-order valence-electron chi connectivity index (χ3n) is 7.54. The zero-order valence-electron chi connectivity index (χ0n) is 21.1. The van der Waals surface area contributed by atoms with Crippen LogP contribution in [-0.4, -0.2) is 71.9 Å². The van der Waals surface area contributed by atoms with Crippen molar-refractivity contribution in [1.82, 2.24) is 29.2 Å². The maximum absolute atomic E-state index is 11.5. The molecule has 0 amide bonds. The molecule has 9 heteroatoms. The standard InChI is InChI=1S/C28H33N7O2/c1-20(36)15-32-13-9-22(26(37)18-32)17-33-14-10-25-27(33)29-19-30-28(25)34(23-7-8-23)16-21-3-5-24(6-4-21)35-12-2-11-31-35/h2-6,10-12,14,19,22-23,26,37H,7-9,13,15-18H2,1H3/t22?,26-/m0/s1. The lowest BCUT2D eigenvalue weighted by Gasteiger charge is -2.35. The molecule has 3 aromatic heterocycles. The molecule has 9 nitrogen and oxygen atoms in total. The van der Waals surface area contributed by atoms with Gasteiger partial charge in [-0.15, -0.1) is 0 Å². The molecule has 2 aliphatic rings. The number of likely N-dealkylation sites (tertiary alicyclic amines) is 1. The number of hydrogen-bond acceptors (Lipinski definition) is 7. The normalized spacial score (nSPS) is 20.4. The molecule has 4 aromatic rings. The molecule has 1 saturated heterocycles. The van der Waals surface area contributed by atoms with Crippen molar-refractivity contribution in [1.29, 1.82) is 0 Å². The summed E-state index contributed by atoms with van der Waals surface area (Å²) >= 11 is 0. The molecule has 0 radical (unpaired) electrons. The van der Waals surface area contributed by atoms with Crippen molar-refractivity contribution in [3.05, 3.63) is 66.9 Å². The van der Waals surface area contributed by atoms with Gasteiger partial charge in [0.1, 0.15) is 23.6 Å². The molecular weight excluding hydrogens is 466 g/mol. The van der Waals surface area contributed by atoms with Crippen LogP contribution in [0.25, 0.3) is 16.7 Å². The van der Waals surface area contributed by atoms with Crippen molar-refractivity contribution in [2.24, 2.45) is 5.92 Å². The third-order valence-corrected chi connectivity index (χ3v) is 7.54. The van der Waals surface area contributed by atoms with Gasteiger partial charge in [-0.1, -0.05) is 12.1 Å². The number of Topliss-reactive ketones (excluding diaryl/α,β-unsaturated/α-hetero) is 1. The van der Waals surface area contributed by atoms with E-state index in [4.69, 9.17) is 4.98 Å². The van der Waals surface area contributed by atoms with Crippen LogP contribution < -0.4 is 4.90 Å². The Morgan fingerprint density at radius 3 is 2.65 bits per heavy atom. The Kier molecular flexibility index (Phi) is 6.48. The van der Waals surface area contributed by atoms with Crippen LogP contribution >= 0.6 is 0 Å². The number of aromatic nitrogens is 5. The minimum atomic E-state index is -0.459. The van der Waals surface area contributed by atoms with Crippen molar-refractivity contribution in [2.75, 3.05) is 24.5 Å². The number of β-amino-alcohol motifs (C(OH)–C–C–N with tert-alkyl or cyclic N) is 1. The fourth-order valence-corrected chi connectivity index (χ4v) is 5.47. The second-order valence-electron chi connectivity index (χ2n) is 10.4. The molecule has 0 bridgehead atoms. The van der Waals surface area contributed by atoms with Crippen LogP contribution in [0.1, 0.15) is 31.7 Å². The first kappa shape index (κ1) is 23.8.